The Morgan fingerprint density at radius 3 is 1.39 bits per heavy atom. The van der Waals surface area contributed by atoms with E-state index < -0.39 is 20.6 Å². The molecule has 0 atom stereocenters. The lowest BCUT2D eigenvalue weighted by Crippen LogP contribution is -2.24. The molecule has 2 aromatic heterocycles. The topological polar surface area (TPSA) is 143 Å². The minimum atomic E-state index is -4.68. The van der Waals surface area contributed by atoms with Crippen LogP contribution in [0.4, 0.5) is 0 Å². The van der Waals surface area contributed by atoms with E-state index in [4.69, 9.17) is 0 Å². The summed E-state index contributed by atoms with van der Waals surface area (Å²) in [6.07, 6.45) is 0. The smallest absolute Gasteiger partial charge is 0.269 e. The number of rotatable bonds is 3. The molecule has 14 heteroatoms. The molecule has 0 spiro atoms. The lowest BCUT2D eigenvalue weighted by Gasteiger charge is -1.99. The lowest BCUT2D eigenvalue weighted by molar-refractivity contribution is 0.469. The average Bonchev–Trinajstić information content (AvgIpc) is 3.16. The van der Waals surface area contributed by atoms with Crippen molar-refractivity contribution in [2.45, 2.75) is 0 Å². The van der Waals surface area contributed by atoms with Crippen LogP contribution in [-0.2, 0) is 20.6 Å². The molecule has 146 valence electrons. The number of thiazole rings is 2. The molecular weight excluding hydrogens is 448 g/mol. The van der Waals surface area contributed by atoms with Crippen LogP contribution in [0.3, 0.4) is 0 Å². The molecule has 2 heterocycles. The van der Waals surface area contributed by atoms with Crippen molar-refractivity contribution in [2.24, 2.45) is 10.2 Å². The van der Waals surface area contributed by atoms with Gasteiger partial charge in [-0.1, -0.05) is 46.9 Å². The monoisotopic (exact) mass is 458 g/mol. The SMILES string of the molecule is O=S(=O)(O)n1c(=NN=c2sc3ccccc3n2S(=O)(=O)O)sc2ccccc21. The van der Waals surface area contributed by atoms with E-state index >= 15 is 0 Å². The number of hydrogen-bond donors (Lipinski definition) is 2. The van der Waals surface area contributed by atoms with Crippen LogP contribution in [0.5, 0.6) is 0 Å². The molecule has 2 N–H and O–H groups in total. The maximum Gasteiger partial charge on any atom is 0.366 e. The predicted molar refractivity (Wildman–Crippen MR) is 105 cm³/mol. The van der Waals surface area contributed by atoms with Crippen molar-refractivity contribution < 1.29 is 25.9 Å². The van der Waals surface area contributed by atoms with Crippen molar-refractivity contribution >= 4 is 63.7 Å². The predicted octanol–water partition coefficient (Wildman–Crippen LogP) is 1.44. The molecule has 2 aromatic carbocycles. The second-order valence-corrected chi connectivity index (χ2v) is 9.93. The van der Waals surface area contributed by atoms with Crippen molar-refractivity contribution in [3.8, 4) is 0 Å². The largest absolute Gasteiger partial charge is 0.366 e. The van der Waals surface area contributed by atoms with Gasteiger partial charge in [0.2, 0.25) is 9.60 Å². The van der Waals surface area contributed by atoms with Crippen LogP contribution in [0.1, 0.15) is 0 Å². The van der Waals surface area contributed by atoms with Crippen molar-refractivity contribution in [3.05, 3.63) is 58.1 Å². The van der Waals surface area contributed by atoms with Gasteiger partial charge in [0.1, 0.15) is 0 Å². The minimum Gasteiger partial charge on any atom is -0.269 e. The number of hydrogen-bond acceptors (Lipinski definition) is 8. The fraction of sp³-hybridized carbons (Fsp3) is 0. The first-order valence-electron chi connectivity index (χ1n) is 7.41. The van der Waals surface area contributed by atoms with Gasteiger partial charge in [-0.3, -0.25) is 9.11 Å². The van der Waals surface area contributed by atoms with E-state index in [1.807, 2.05) is 0 Å². The molecule has 0 fully saturated rings. The van der Waals surface area contributed by atoms with Crippen LogP contribution in [0, 0.1) is 0 Å². The maximum atomic E-state index is 11.8. The molecule has 0 bridgehead atoms. The summed E-state index contributed by atoms with van der Waals surface area (Å²) in [5.41, 5.74) is 0.394. The van der Waals surface area contributed by atoms with Gasteiger partial charge in [-0.05, 0) is 24.3 Å². The third-order valence-electron chi connectivity index (χ3n) is 3.60. The van der Waals surface area contributed by atoms with Crippen LogP contribution in [0.25, 0.3) is 20.4 Å². The van der Waals surface area contributed by atoms with E-state index in [1.165, 1.54) is 12.1 Å². The van der Waals surface area contributed by atoms with Gasteiger partial charge in [-0.25, -0.2) is 0 Å². The van der Waals surface area contributed by atoms with Gasteiger partial charge in [-0.15, -0.1) is 10.2 Å². The van der Waals surface area contributed by atoms with Crippen LogP contribution in [0.15, 0.2) is 58.7 Å². The quantitative estimate of drug-likeness (QED) is 0.351. The Bertz CT molecular complexity index is 1450. The van der Waals surface area contributed by atoms with Gasteiger partial charge >= 0.3 is 20.6 Å². The second kappa shape index (κ2) is 6.61. The summed E-state index contributed by atoms with van der Waals surface area (Å²) in [4.78, 5) is -0.383. The van der Waals surface area contributed by atoms with Crippen LogP contribution < -0.4 is 9.60 Å². The zero-order chi connectivity index (χ0) is 20.1. The van der Waals surface area contributed by atoms with Crippen LogP contribution in [0.2, 0.25) is 0 Å². The molecule has 0 amide bonds. The number of para-hydroxylation sites is 2. The Morgan fingerprint density at radius 2 is 1.04 bits per heavy atom. The maximum absolute atomic E-state index is 11.8. The van der Waals surface area contributed by atoms with Crippen molar-refractivity contribution in [3.63, 3.8) is 0 Å². The van der Waals surface area contributed by atoms with Crippen molar-refractivity contribution in [2.75, 3.05) is 0 Å². The zero-order valence-electron chi connectivity index (χ0n) is 13.6. The highest BCUT2D eigenvalue weighted by Gasteiger charge is 2.18. The van der Waals surface area contributed by atoms with Crippen molar-refractivity contribution in [1.82, 2.24) is 7.94 Å². The third kappa shape index (κ3) is 3.30. The molecule has 0 aliphatic carbocycles. The summed E-state index contributed by atoms with van der Waals surface area (Å²) in [5.74, 6) is 0. The van der Waals surface area contributed by atoms with E-state index in [1.54, 1.807) is 36.4 Å². The van der Waals surface area contributed by atoms with Gasteiger partial charge < -0.3 is 0 Å². The number of fused-ring (bicyclic) bond motifs is 2. The Hall–Kier alpha value is -2.36. The summed E-state index contributed by atoms with van der Waals surface area (Å²) in [7, 11) is -9.36. The fourth-order valence-corrected chi connectivity index (χ4v) is 6.49. The Morgan fingerprint density at radius 1 is 0.679 bits per heavy atom. The Kier molecular flexibility index (Phi) is 4.48. The highest BCUT2D eigenvalue weighted by Crippen LogP contribution is 2.19. The van der Waals surface area contributed by atoms with E-state index in [0.29, 0.717) is 17.3 Å². The summed E-state index contributed by atoms with van der Waals surface area (Å²) in [5, 5.41) is 7.66. The van der Waals surface area contributed by atoms with Gasteiger partial charge in [-0.2, -0.15) is 24.8 Å². The van der Waals surface area contributed by atoms with Gasteiger partial charge in [0.25, 0.3) is 0 Å². The second-order valence-electron chi connectivity index (χ2n) is 5.39. The first kappa shape index (κ1) is 19.0. The summed E-state index contributed by atoms with van der Waals surface area (Å²) in [6.45, 7) is 0. The van der Waals surface area contributed by atoms with E-state index in [9.17, 15) is 25.9 Å². The number of aromatic nitrogens is 2. The molecule has 0 radical (unpaired) electrons. The van der Waals surface area contributed by atoms with Crippen molar-refractivity contribution in [1.29, 1.82) is 0 Å². The molecule has 4 aromatic rings. The molecule has 0 saturated heterocycles. The Labute approximate surface area is 165 Å². The summed E-state index contributed by atoms with van der Waals surface area (Å²) >= 11 is 1.87. The standard InChI is InChI=1S/C14H10N4O6S4/c19-27(20,21)17-9-5-1-3-7-11(9)25-13(17)15-16-14-18(28(22,23)24)10-6-2-4-8-12(10)26-14/h1-8H,(H,19,20,21)(H,22,23,24). The summed E-state index contributed by atoms with van der Waals surface area (Å²) < 4.78 is 68.5. The highest BCUT2D eigenvalue weighted by molar-refractivity contribution is 7.84. The number of benzene rings is 2. The number of nitrogens with zero attached hydrogens (tertiary/aromatic N) is 4. The van der Waals surface area contributed by atoms with Gasteiger partial charge in [0.05, 0.1) is 20.4 Å². The molecular formula is C14H10N4O6S4. The van der Waals surface area contributed by atoms with E-state index in [0.717, 1.165) is 22.7 Å². The molecule has 28 heavy (non-hydrogen) atoms. The molecule has 0 unspecified atom stereocenters. The Balaban J connectivity index is 2.09. The first-order chi connectivity index (χ1) is 13.2. The molecule has 0 aliphatic rings. The molecule has 0 saturated carbocycles. The van der Waals surface area contributed by atoms with Gasteiger partial charge in [0.15, 0.2) is 0 Å². The normalized spacial score (nSPS) is 14.4. The molecule has 0 aliphatic heterocycles. The highest BCUT2D eigenvalue weighted by atomic mass is 32.2. The minimum absolute atomic E-state index is 0.192. The average molecular weight is 459 g/mol. The third-order valence-corrected chi connectivity index (χ3v) is 7.52. The van der Waals surface area contributed by atoms with Crippen LogP contribution in [-0.4, -0.2) is 33.9 Å². The van der Waals surface area contributed by atoms with E-state index in [-0.39, 0.29) is 20.6 Å². The summed E-state index contributed by atoms with van der Waals surface area (Å²) in [6, 6.07) is 12.8. The first-order valence-corrected chi connectivity index (χ1v) is 11.8. The zero-order valence-corrected chi connectivity index (χ0v) is 16.8. The molecule has 10 nitrogen and oxygen atoms in total. The van der Waals surface area contributed by atoms with Gasteiger partial charge in [0, 0.05) is 0 Å². The van der Waals surface area contributed by atoms with E-state index in [2.05, 4.69) is 10.2 Å². The van der Waals surface area contributed by atoms with Crippen LogP contribution >= 0.6 is 22.7 Å². The fourth-order valence-electron chi connectivity index (χ4n) is 2.56. The molecule has 4 rings (SSSR count). The lowest BCUT2D eigenvalue weighted by atomic mass is 10.3.